The first-order chi connectivity index (χ1) is 14.8. The van der Waals surface area contributed by atoms with E-state index in [4.69, 9.17) is 4.43 Å². The van der Waals surface area contributed by atoms with Crippen molar-refractivity contribution in [3.05, 3.63) is 35.5 Å². The molecule has 1 unspecified atom stereocenters. The van der Waals surface area contributed by atoms with E-state index >= 15 is 0 Å². The van der Waals surface area contributed by atoms with Crippen molar-refractivity contribution in [3.8, 4) is 0 Å². The predicted octanol–water partition coefficient (Wildman–Crippen LogP) is 8.27. The number of rotatable bonds is 5. The molecule has 3 fully saturated rings. The van der Waals surface area contributed by atoms with Crippen LogP contribution >= 0.6 is 0 Å². The highest BCUT2D eigenvalue weighted by molar-refractivity contribution is 6.74. The van der Waals surface area contributed by atoms with Gasteiger partial charge in [-0.3, -0.25) is 0 Å². The zero-order valence-electron chi connectivity index (χ0n) is 22.1. The Kier molecular flexibility index (Phi) is 7.52. The molecule has 0 aromatic carbocycles. The maximum absolute atomic E-state index is 11.5. The Bertz CT molecular complexity index is 783. The fourth-order valence-electron chi connectivity index (χ4n) is 6.58. The molecule has 0 aromatic heterocycles. The lowest BCUT2D eigenvalue weighted by Crippen LogP contribution is -2.45. The van der Waals surface area contributed by atoms with Gasteiger partial charge in [-0.15, -0.1) is 0 Å². The first-order valence-electron chi connectivity index (χ1n) is 13.0. The van der Waals surface area contributed by atoms with Crippen LogP contribution in [0, 0.1) is 29.1 Å². The van der Waals surface area contributed by atoms with Crippen LogP contribution in [-0.2, 0) is 9.22 Å². The Labute approximate surface area is 199 Å². The van der Waals surface area contributed by atoms with Gasteiger partial charge in [0.15, 0.2) is 8.32 Å². The molecule has 6 atom stereocenters. The molecule has 0 aromatic rings. The Hall–Kier alpha value is -0.933. The number of fused-ring (bicyclic) bond motifs is 1. The SMILES string of the molecule is C=C1/C(=C\C=C2/CCC[C@]3(C)C([C@H](C)C=O)CC[C@@H]23)C[C@@H](C)C[C@@H]1O[Si](C)(C)C(C)(C)C. The van der Waals surface area contributed by atoms with E-state index in [-0.39, 0.29) is 22.5 Å². The largest absolute Gasteiger partial charge is 0.410 e. The van der Waals surface area contributed by atoms with Crippen LogP contribution in [0.2, 0.25) is 18.1 Å². The van der Waals surface area contributed by atoms with Gasteiger partial charge < -0.3 is 9.22 Å². The van der Waals surface area contributed by atoms with E-state index in [2.05, 4.69) is 73.4 Å². The topological polar surface area (TPSA) is 26.3 Å². The van der Waals surface area contributed by atoms with Crippen molar-refractivity contribution in [1.82, 2.24) is 0 Å². The molecule has 0 amide bonds. The monoisotopic (exact) mass is 456 g/mol. The van der Waals surface area contributed by atoms with Crippen molar-refractivity contribution in [2.24, 2.45) is 29.1 Å². The quantitative estimate of drug-likeness (QED) is 0.307. The second kappa shape index (κ2) is 9.37. The molecule has 3 saturated carbocycles. The van der Waals surface area contributed by atoms with Gasteiger partial charge in [0.1, 0.15) is 6.29 Å². The summed E-state index contributed by atoms with van der Waals surface area (Å²) in [6, 6.07) is 0. The molecule has 0 radical (unpaired) electrons. The third-order valence-electron chi connectivity index (χ3n) is 9.61. The lowest BCUT2D eigenvalue weighted by Gasteiger charge is -2.43. The van der Waals surface area contributed by atoms with E-state index in [1.165, 1.54) is 49.5 Å². The predicted molar refractivity (Wildman–Crippen MR) is 139 cm³/mol. The number of hydrogen-bond acceptors (Lipinski definition) is 2. The molecular formula is C29H48O2Si. The van der Waals surface area contributed by atoms with Crippen molar-refractivity contribution >= 4 is 14.6 Å². The molecule has 3 aliphatic rings. The summed E-state index contributed by atoms with van der Waals surface area (Å²) >= 11 is 0. The minimum atomic E-state index is -1.83. The minimum absolute atomic E-state index is 0.158. The third-order valence-corrected chi connectivity index (χ3v) is 14.1. The van der Waals surface area contributed by atoms with Gasteiger partial charge in [0.05, 0.1) is 6.10 Å². The Morgan fingerprint density at radius 3 is 2.53 bits per heavy atom. The molecule has 180 valence electrons. The van der Waals surface area contributed by atoms with Gasteiger partial charge >= 0.3 is 0 Å². The number of hydrogen-bond donors (Lipinski definition) is 0. The summed E-state index contributed by atoms with van der Waals surface area (Å²) in [4.78, 5) is 11.5. The average Bonchev–Trinajstić information content (AvgIpc) is 3.05. The fourth-order valence-corrected chi connectivity index (χ4v) is 7.88. The molecule has 32 heavy (non-hydrogen) atoms. The summed E-state index contributed by atoms with van der Waals surface area (Å²) in [5, 5.41) is 0.212. The standard InChI is InChI=1S/C29H48O2Si/c1-20-17-24(22(3)27(18-20)31-32(8,9)28(4,5)6)13-12-23-11-10-16-29(7)25(21(2)19-30)14-15-26(23)29/h12-13,19-21,25-27H,3,10-11,14-18H2,1-2,4-9H3/b23-12+,24-13-/t20-,21-,25?,26+,27+,29-/m1/s1. The van der Waals surface area contributed by atoms with Crippen LogP contribution in [0.25, 0.3) is 0 Å². The zero-order valence-corrected chi connectivity index (χ0v) is 23.1. The van der Waals surface area contributed by atoms with E-state index in [1.54, 1.807) is 5.57 Å². The summed E-state index contributed by atoms with van der Waals surface area (Å²) in [7, 11) is -1.83. The van der Waals surface area contributed by atoms with Crippen LogP contribution in [0.5, 0.6) is 0 Å². The summed E-state index contributed by atoms with van der Waals surface area (Å²) in [6.07, 6.45) is 14.5. The van der Waals surface area contributed by atoms with Gasteiger partial charge in [0.2, 0.25) is 0 Å². The smallest absolute Gasteiger partial charge is 0.192 e. The normalized spacial score (nSPS) is 37.6. The van der Waals surface area contributed by atoms with Crippen LogP contribution in [0.1, 0.15) is 86.5 Å². The van der Waals surface area contributed by atoms with E-state index in [0.717, 1.165) is 12.8 Å². The molecule has 0 spiro atoms. The van der Waals surface area contributed by atoms with Gasteiger partial charge in [-0.2, -0.15) is 0 Å². The maximum atomic E-state index is 11.5. The Morgan fingerprint density at radius 1 is 1.22 bits per heavy atom. The van der Waals surface area contributed by atoms with Crippen molar-refractivity contribution < 1.29 is 9.22 Å². The molecule has 2 nitrogen and oxygen atoms in total. The average molecular weight is 457 g/mol. The summed E-state index contributed by atoms with van der Waals surface area (Å²) < 4.78 is 6.83. The van der Waals surface area contributed by atoms with Crippen molar-refractivity contribution in [3.63, 3.8) is 0 Å². The van der Waals surface area contributed by atoms with Crippen LogP contribution in [0.15, 0.2) is 35.5 Å². The van der Waals surface area contributed by atoms with E-state index in [1.807, 2.05) is 0 Å². The molecule has 3 aliphatic carbocycles. The second-order valence-electron chi connectivity index (χ2n) is 13.0. The molecule has 0 bridgehead atoms. The highest BCUT2D eigenvalue weighted by atomic mass is 28.4. The van der Waals surface area contributed by atoms with Crippen molar-refractivity contribution in [1.29, 1.82) is 0 Å². The van der Waals surface area contributed by atoms with Crippen LogP contribution < -0.4 is 0 Å². The van der Waals surface area contributed by atoms with Gasteiger partial charge in [-0.1, -0.05) is 65.8 Å². The van der Waals surface area contributed by atoms with Gasteiger partial charge in [0.25, 0.3) is 0 Å². The molecule has 3 rings (SSSR count). The van der Waals surface area contributed by atoms with Gasteiger partial charge in [-0.25, -0.2) is 0 Å². The second-order valence-corrected chi connectivity index (χ2v) is 17.7. The first kappa shape index (κ1) is 25.7. The highest BCUT2D eigenvalue weighted by Gasteiger charge is 2.50. The van der Waals surface area contributed by atoms with Crippen LogP contribution in [-0.4, -0.2) is 20.7 Å². The summed E-state index contributed by atoms with van der Waals surface area (Å²) in [5.41, 5.74) is 4.50. The molecule has 0 heterocycles. The van der Waals surface area contributed by atoms with Crippen molar-refractivity contribution in [2.45, 2.75) is 111 Å². The lowest BCUT2D eigenvalue weighted by molar-refractivity contribution is -0.113. The van der Waals surface area contributed by atoms with Gasteiger partial charge in [-0.05, 0) is 97.4 Å². The number of carbonyl (C=O) groups excluding carboxylic acids is 1. The number of allylic oxidation sites excluding steroid dienone is 3. The fraction of sp³-hybridized carbons (Fsp3) is 0.759. The summed E-state index contributed by atoms with van der Waals surface area (Å²) in [5.74, 6) is 1.97. The maximum Gasteiger partial charge on any atom is 0.192 e. The third kappa shape index (κ3) is 4.94. The van der Waals surface area contributed by atoms with E-state index in [9.17, 15) is 4.79 Å². The van der Waals surface area contributed by atoms with Crippen LogP contribution in [0.3, 0.4) is 0 Å². The van der Waals surface area contributed by atoms with Crippen molar-refractivity contribution in [2.75, 3.05) is 0 Å². The zero-order chi connectivity index (χ0) is 23.9. The summed E-state index contributed by atoms with van der Waals surface area (Å²) in [6.45, 7) is 23.1. The molecule has 0 saturated heterocycles. The Morgan fingerprint density at radius 2 is 1.91 bits per heavy atom. The van der Waals surface area contributed by atoms with Gasteiger partial charge in [0, 0.05) is 5.92 Å². The molecule has 0 N–H and O–H groups in total. The van der Waals surface area contributed by atoms with Crippen LogP contribution in [0.4, 0.5) is 0 Å². The minimum Gasteiger partial charge on any atom is -0.410 e. The first-order valence-corrected chi connectivity index (χ1v) is 15.9. The highest BCUT2D eigenvalue weighted by Crippen LogP contribution is 2.59. The number of carbonyl (C=O) groups is 1. The molecule has 0 aliphatic heterocycles. The number of aldehydes is 1. The van der Waals surface area contributed by atoms with E-state index in [0.29, 0.717) is 17.8 Å². The Balaban J connectivity index is 1.81. The molecular weight excluding hydrogens is 408 g/mol. The molecule has 3 heteroatoms. The lowest BCUT2D eigenvalue weighted by atomic mass is 9.61. The van der Waals surface area contributed by atoms with E-state index < -0.39 is 8.32 Å².